The Labute approximate surface area is 152 Å². The number of thiophene rings is 1. The molecule has 0 aliphatic heterocycles. The molecule has 0 spiro atoms. The lowest BCUT2D eigenvalue weighted by Crippen LogP contribution is -2.02. The number of hydrogen-bond acceptors (Lipinski definition) is 2. The molecule has 0 radical (unpaired) electrons. The molecular weight excluding hydrogens is 324 g/mol. The minimum Gasteiger partial charge on any atom is -0.334 e. The molecule has 25 heavy (non-hydrogen) atoms. The normalized spacial score (nSPS) is 11.2. The average molecular weight is 346 g/mol. The molecule has 3 heteroatoms. The monoisotopic (exact) mass is 346 g/mol. The van der Waals surface area contributed by atoms with Crippen LogP contribution in [0.2, 0.25) is 0 Å². The zero-order valence-electron chi connectivity index (χ0n) is 14.5. The Morgan fingerprint density at radius 2 is 1.92 bits per heavy atom. The van der Waals surface area contributed by atoms with E-state index in [0.29, 0.717) is 0 Å². The third-order valence-corrected chi connectivity index (χ3v) is 5.57. The van der Waals surface area contributed by atoms with Crippen LogP contribution >= 0.6 is 11.3 Å². The highest BCUT2D eigenvalue weighted by atomic mass is 32.1. The van der Waals surface area contributed by atoms with Crippen LogP contribution in [0.15, 0.2) is 66.3 Å². The molecular formula is C22H22N2S. The molecule has 2 nitrogen and oxygen atoms in total. The molecule has 3 aromatic heterocycles. The minimum absolute atomic E-state index is 0.877. The number of hydrogen-bond donors (Lipinski definition) is 0. The molecule has 0 saturated carbocycles. The lowest BCUT2D eigenvalue weighted by atomic mass is 10.0. The van der Waals surface area contributed by atoms with Crippen LogP contribution in [0.3, 0.4) is 0 Å². The van der Waals surface area contributed by atoms with Gasteiger partial charge in [0.1, 0.15) is 0 Å². The van der Waals surface area contributed by atoms with Gasteiger partial charge in [0, 0.05) is 18.1 Å². The highest BCUT2D eigenvalue weighted by Crippen LogP contribution is 2.37. The molecule has 0 fully saturated rings. The second-order valence-electron chi connectivity index (χ2n) is 6.37. The van der Waals surface area contributed by atoms with Gasteiger partial charge in [-0.1, -0.05) is 49.7 Å². The van der Waals surface area contributed by atoms with Crippen molar-refractivity contribution >= 4 is 22.2 Å². The lowest BCUT2D eigenvalue weighted by molar-refractivity contribution is 0.789. The van der Waals surface area contributed by atoms with Crippen LogP contribution in [0.5, 0.6) is 0 Å². The van der Waals surface area contributed by atoms with Gasteiger partial charge >= 0.3 is 0 Å². The number of aryl methyl sites for hydroxylation is 1. The number of fused-ring (bicyclic) bond motifs is 1. The van der Waals surface area contributed by atoms with Crippen molar-refractivity contribution in [2.75, 3.05) is 0 Å². The number of rotatable bonds is 6. The summed E-state index contributed by atoms with van der Waals surface area (Å²) in [4.78, 5) is 5.76. The van der Waals surface area contributed by atoms with E-state index < -0.39 is 0 Å². The van der Waals surface area contributed by atoms with Crippen LogP contribution in [0.1, 0.15) is 30.9 Å². The van der Waals surface area contributed by atoms with E-state index in [-0.39, 0.29) is 0 Å². The van der Waals surface area contributed by atoms with Crippen LogP contribution in [0.4, 0.5) is 0 Å². The van der Waals surface area contributed by atoms with Crippen LogP contribution in [0, 0.1) is 0 Å². The molecule has 0 N–H and O–H groups in total. The Balaban J connectivity index is 1.94. The standard InChI is InChI=1S/C22H22N2S/c1-2-3-10-19-18-12-13-23-15-20(18)24(16-17-8-5-4-6-9-17)22(19)21-11-7-14-25-21/h4-9,11-15H,2-3,10,16H2,1H3. The van der Waals surface area contributed by atoms with Gasteiger partial charge < -0.3 is 4.57 Å². The van der Waals surface area contributed by atoms with Crippen molar-refractivity contribution in [3.05, 3.63) is 77.4 Å². The summed E-state index contributed by atoms with van der Waals surface area (Å²) in [6, 6.07) is 17.3. The first-order chi connectivity index (χ1) is 12.4. The molecule has 0 saturated heterocycles. The third kappa shape index (κ3) is 3.12. The van der Waals surface area contributed by atoms with E-state index in [1.807, 2.05) is 23.7 Å². The van der Waals surface area contributed by atoms with Crippen LogP contribution in [0.25, 0.3) is 21.5 Å². The van der Waals surface area contributed by atoms with Gasteiger partial charge in [-0.05, 0) is 41.5 Å². The first-order valence-electron chi connectivity index (χ1n) is 8.91. The molecule has 0 aliphatic carbocycles. The van der Waals surface area contributed by atoms with Crippen LogP contribution in [-0.2, 0) is 13.0 Å². The van der Waals surface area contributed by atoms with Crippen molar-refractivity contribution in [3.8, 4) is 10.6 Å². The van der Waals surface area contributed by atoms with Crippen molar-refractivity contribution in [3.63, 3.8) is 0 Å². The summed E-state index contributed by atoms with van der Waals surface area (Å²) in [6.07, 6.45) is 7.48. The molecule has 0 bridgehead atoms. The van der Waals surface area contributed by atoms with E-state index in [2.05, 4.69) is 70.4 Å². The number of nitrogens with zero attached hydrogens (tertiary/aromatic N) is 2. The fourth-order valence-electron chi connectivity index (χ4n) is 3.50. The largest absolute Gasteiger partial charge is 0.334 e. The van der Waals surface area contributed by atoms with Gasteiger partial charge in [0.05, 0.1) is 22.3 Å². The van der Waals surface area contributed by atoms with Gasteiger partial charge in [0.2, 0.25) is 0 Å². The van der Waals surface area contributed by atoms with Crippen LogP contribution < -0.4 is 0 Å². The Morgan fingerprint density at radius 1 is 1.04 bits per heavy atom. The predicted molar refractivity (Wildman–Crippen MR) is 107 cm³/mol. The maximum Gasteiger partial charge on any atom is 0.0677 e. The smallest absolute Gasteiger partial charge is 0.0677 e. The van der Waals surface area contributed by atoms with E-state index >= 15 is 0 Å². The van der Waals surface area contributed by atoms with E-state index in [9.17, 15) is 0 Å². The molecule has 0 unspecified atom stereocenters. The molecule has 0 amide bonds. The van der Waals surface area contributed by atoms with Gasteiger partial charge in [-0.3, -0.25) is 4.98 Å². The molecule has 4 aromatic rings. The van der Waals surface area contributed by atoms with Crippen molar-refractivity contribution in [2.24, 2.45) is 0 Å². The summed E-state index contributed by atoms with van der Waals surface area (Å²) in [5, 5.41) is 3.52. The zero-order chi connectivity index (χ0) is 17.1. The van der Waals surface area contributed by atoms with E-state index in [4.69, 9.17) is 0 Å². The highest BCUT2D eigenvalue weighted by molar-refractivity contribution is 7.13. The van der Waals surface area contributed by atoms with Gasteiger partial charge in [0.25, 0.3) is 0 Å². The van der Waals surface area contributed by atoms with Crippen LogP contribution in [-0.4, -0.2) is 9.55 Å². The minimum atomic E-state index is 0.877. The second-order valence-corrected chi connectivity index (χ2v) is 7.32. The summed E-state index contributed by atoms with van der Waals surface area (Å²) in [6.45, 7) is 3.14. The van der Waals surface area contributed by atoms with Gasteiger partial charge in [-0.2, -0.15) is 0 Å². The average Bonchev–Trinajstić information content (AvgIpc) is 3.28. The first-order valence-corrected chi connectivity index (χ1v) is 9.79. The Kier molecular flexibility index (Phi) is 4.66. The molecule has 4 rings (SSSR count). The van der Waals surface area contributed by atoms with Crippen molar-refractivity contribution in [1.82, 2.24) is 9.55 Å². The second kappa shape index (κ2) is 7.24. The summed E-state index contributed by atoms with van der Waals surface area (Å²) < 4.78 is 2.45. The maximum absolute atomic E-state index is 4.41. The summed E-state index contributed by atoms with van der Waals surface area (Å²) in [5.41, 5.74) is 5.40. The fraction of sp³-hybridized carbons (Fsp3) is 0.227. The van der Waals surface area contributed by atoms with Crippen molar-refractivity contribution < 1.29 is 0 Å². The molecule has 3 heterocycles. The molecule has 1 aromatic carbocycles. The van der Waals surface area contributed by atoms with E-state index in [1.165, 1.54) is 45.4 Å². The van der Waals surface area contributed by atoms with E-state index in [1.54, 1.807) is 0 Å². The third-order valence-electron chi connectivity index (χ3n) is 4.69. The van der Waals surface area contributed by atoms with Gasteiger partial charge in [0.15, 0.2) is 0 Å². The Bertz CT molecular complexity index is 953. The van der Waals surface area contributed by atoms with E-state index in [0.717, 1.165) is 13.0 Å². The highest BCUT2D eigenvalue weighted by Gasteiger charge is 2.19. The lowest BCUT2D eigenvalue weighted by Gasteiger charge is -2.11. The van der Waals surface area contributed by atoms with Crippen molar-refractivity contribution in [2.45, 2.75) is 32.7 Å². The zero-order valence-corrected chi connectivity index (χ0v) is 15.3. The topological polar surface area (TPSA) is 17.8 Å². The Morgan fingerprint density at radius 3 is 2.68 bits per heavy atom. The summed E-state index contributed by atoms with van der Waals surface area (Å²) in [5.74, 6) is 0. The maximum atomic E-state index is 4.41. The SMILES string of the molecule is CCCCc1c(-c2cccs2)n(Cc2ccccc2)c2cnccc12. The Hall–Kier alpha value is -2.39. The van der Waals surface area contributed by atoms with Gasteiger partial charge in [-0.25, -0.2) is 0 Å². The molecule has 0 aliphatic rings. The molecule has 0 atom stereocenters. The first kappa shape index (κ1) is 16.1. The summed E-state index contributed by atoms with van der Waals surface area (Å²) >= 11 is 1.82. The van der Waals surface area contributed by atoms with Gasteiger partial charge in [-0.15, -0.1) is 11.3 Å². The predicted octanol–water partition coefficient (Wildman–Crippen LogP) is 6.16. The quantitative estimate of drug-likeness (QED) is 0.409. The fourth-order valence-corrected chi connectivity index (χ4v) is 4.31. The molecule has 126 valence electrons. The van der Waals surface area contributed by atoms with Crippen molar-refractivity contribution in [1.29, 1.82) is 0 Å². The number of pyridine rings is 1. The summed E-state index contributed by atoms with van der Waals surface area (Å²) in [7, 11) is 0. The number of unbranched alkanes of at least 4 members (excludes halogenated alkanes) is 1. The number of benzene rings is 1. The number of aromatic nitrogens is 2.